The summed E-state index contributed by atoms with van der Waals surface area (Å²) in [5.74, 6) is 1.86. The number of amidine groups is 2. The third-order valence-corrected chi connectivity index (χ3v) is 5.56. The molecule has 0 amide bonds. The van der Waals surface area contributed by atoms with E-state index in [4.69, 9.17) is 16.6 Å². The van der Waals surface area contributed by atoms with Gasteiger partial charge in [-0.1, -0.05) is 12.1 Å². The highest BCUT2D eigenvalue weighted by molar-refractivity contribution is 6.13. The van der Waals surface area contributed by atoms with Crippen molar-refractivity contribution in [3.8, 4) is 0 Å². The second-order valence-electron chi connectivity index (χ2n) is 7.56. The number of hydrogen-bond acceptors (Lipinski definition) is 7. The highest BCUT2D eigenvalue weighted by atomic mass is 15.5. The lowest BCUT2D eigenvalue weighted by Crippen LogP contribution is -2.45. The number of rotatable bonds is 4. The Balaban J connectivity index is 1.56. The largest absolute Gasteiger partial charge is 0.366 e. The minimum atomic E-state index is 0.346. The first-order chi connectivity index (χ1) is 13.1. The summed E-state index contributed by atoms with van der Waals surface area (Å²) in [5.41, 5.74) is 16.0. The first kappa shape index (κ1) is 18.0. The fourth-order valence-electron chi connectivity index (χ4n) is 3.84. The van der Waals surface area contributed by atoms with Crippen molar-refractivity contribution in [3.05, 3.63) is 41.1 Å². The Morgan fingerprint density at radius 3 is 2.59 bits per heavy atom. The Hall–Kier alpha value is -2.38. The van der Waals surface area contributed by atoms with Crippen molar-refractivity contribution >= 4 is 17.4 Å². The van der Waals surface area contributed by atoms with Crippen LogP contribution in [0.25, 0.3) is 0 Å². The summed E-state index contributed by atoms with van der Waals surface area (Å²) < 4.78 is 0. The van der Waals surface area contributed by atoms with E-state index in [9.17, 15) is 0 Å². The van der Waals surface area contributed by atoms with Crippen LogP contribution < -0.4 is 22.1 Å². The Morgan fingerprint density at radius 1 is 1.15 bits per heavy atom. The molecule has 7 heteroatoms. The van der Waals surface area contributed by atoms with Crippen LogP contribution in [0.3, 0.4) is 0 Å². The van der Waals surface area contributed by atoms with Gasteiger partial charge in [-0.05, 0) is 50.3 Å². The van der Waals surface area contributed by atoms with Gasteiger partial charge in [-0.3, -0.25) is 4.99 Å². The number of fused-ring (bicyclic) bond motifs is 1. The normalized spacial score (nSPS) is 25.1. The van der Waals surface area contributed by atoms with Crippen molar-refractivity contribution in [1.82, 2.24) is 10.3 Å². The Bertz CT molecular complexity index is 770. The second kappa shape index (κ2) is 7.70. The molecule has 2 aliphatic heterocycles. The first-order valence-corrected chi connectivity index (χ1v) is 9.84. The molecule has 0 unspecified atom stereocenters. The molecule has 1 fully saturated rings. The molecule has 7 nitrogen and oxygen atoms in total. The quantitative estimate of drug-likeness (QED) is 0.649. The molecule has 0 radical (unpaired) electrons. The van der Waals surface area contributed by atoms with Crippen LogP contribution in [0.15, 0.2) is 45.6 Å². The highest BCUT2D eigenvalue weighted by Crippen LogP contribution is 2.25. The third kappa shape index (κ3) is 3.84. The van der Waals surface area contributed by atoms with E-state index in [-0.39, 0.29) is 0 Å². The van der Waals surface area contributed by atoms with Crippen LogP contribution in [-0.2, 0) is 6.54 Å². The number of nitrogens with one attached hydrogen (secondary N) is 2. The number of hydrazone groups is 1. The summed E-state index contributed by atoms with van der Waals surface area (Å²) in [6, 6.07) is 9.00. The predicted molar refractivity (Wildman–Crippen MR) is 110 cm³/mol. The maximum Gasteiger partial charge on any atom is 0.168 e. The van der Waals surface area contributed by atoms with Crippen LogP contribution in [0.4, 0.5) is 5.69 Å². The average Bonchev–Trinajstić information content (AvgIpc) is 3.15. The van der Waals surface area contributed by atoms with Gasteiger partial charge in [-0.15, -0.1) is 0 Å². The zero-order valence-corrected chi connectivity index (χ0v) is 15.9. The molecule has 0 spiro atoms. The number of anilines is 1. The Morgan fingerprint density at radius 2 is 1.89 bits per heavy atom. The molecule has 0 bridgehead atoms. The predicted octanol–water partition coefficient (Wildman–Crippen LogP) is 1.73. The summed E-state index contributed by atoms with van der Waals surface area (Å²) in [5, 5.41) is 14.0. The van der Waals surface area contributed by atoms with Crippen LogP contribution in [0, 0.1) is 0 Å². The van der Waals surface area contributed by atoms with Gasteiger partial charge in [0.1, 0.15) is 0 Å². The number of benzene rings is 1. The second-order valence-corrected chi connectivity index (χ2v) is 7.56. The highest BCUT2D eigenvalue weighted by Gasteiger charge is 2.30. The summed E-state index contributed by atoms with van der Waals surface area (Å²) in [4.78, 5) is 4.66. The number of aliphatic imine (C=N–C) groups is 1. The molecule has 0 aromatic heterocycles. The SMILES string of the molecule is CC1=C(Nc2ccc(CN)cc2)C2=NCCN2N=C1N[C@H]1CC[C@H](N)CC1. The van der Waals surface area contributed by atoms with Crippen molar-refractivity contribution in [3.63, 3.8) is 0 Å². The van der Waals surface area contributed by atoms with Crippen LogP contribution in [-0.4, -0.2) is 41.9 Å². The molecule has 3 aliphatic rings. The standard InChI is InChI=1S/C20H29N7/c1-13-18(24-16-6-2-14(12-21)3-7-16)20-23-10-11-27(20)26-19(13)25-17-8-4-15(22)5-9-17/h2-3,6-7,15,17,24H,4-5,8-12,21-22H2,1H3,(H,25,26)/t15-,17-. The zero-order valence-electron chi connectivity index (χ0n) is 15.9. The van der Waals surface area contributed by atoms with Crippen LogP contribution in [0.1, 0.15) is 38.2 Å². The molecule has 0 saturated heterocycles. The van der Waals surface area contributed by atoms with Gasteiger partial charge in [0.2, 0.25) is 0 Å². The monoisotopic (exact) mass is 367 g/mol. The fourth-order valence-corrected chi connectivity index (χ4v) is 3.84. The molecule has 0 atom stereocenters. The van der Waals surface area contributed by atoms with Gasteiger partial charge in [0.05, 0.1) is 18.8 Å². The zero-order chi connectivity index (χ0) is 18.8. The summed E-state index contributed by atoms with van der Waals surface area (Å²) in [7, 11) is 0. The molecule has 4 rings (SSSR count). The molecule has 1 aromatic carbocycles. The fraction of sp³-hybridized carbons (Fsp3) is 0.500. The van der Waals surface area contributed by atoms with Gasteiger partial charge < -0.3 is 22.1 Å². The molecule has 1 aliphatic carbocycles. The van der Waals surface area contributed by atoms with Gasteiger partial charge >= 0.3 is 0 Å². The first-order valence-electron chi connectivity index (χ1n) is 9.84. The van der Waals surface area contributed by atoms with E-state index in [0.717, 1.165) is 73.0 Å². The van der Waals surface area contributed by atoms with Crippen molar-refractivity contribution in [2.45, 2.75) is 51.2 Å². The molecule has 27 heavy (non-hydrogen) atoms. The summed E-state index contributed by atoms with van der Waals surface area (Å²) >= 11 is 0. The van der Waals surface area contributed by atoms with E-state index in [1.54, 1.807) is 0 Å². The van der Waals surface area contributed by atoms with Crippen molar-refractivity contribution < 1.29 is 0 Å². The molecule has 2 heterocycles. The van der Waals surface area contributed by atoms with E-state index in [1.807, 2.05) is 17.1 Å². The molecule has 144 valence electrons. The van der Waals surface area contributed by atoms with E-state index in [1.165, 1.54) is 0 Å². The summed E-state index contributed by atoms with van der Waals surface area (Å²) in [6.45, 7) is 4.25. The van der Waals surface area contributed by atoms with E-state index >= 15 is 0 Å². The number of hydrogen-bond donors (Lipinski definition) is 4. The van der Waals surface area contributed by atoms with Gasteiger partial charge in [0, 0.05) is 29.9 Å². The Labute approximate surface area is 160 Å². The van der Waals surface area contributed by atoms with Crippen LogP contribution in [0.5, 0.6) is 0 Å². The van der Waals surface area contributed by atoms with Crippen LogP contribution in [0.2, 0.25) is 0 Å². The van der Waals surface area contributed by atoms with E-state index < -0.39 is 0 Å². The van der Waals surface area contributed by atoms with Gasteiger partial charge in [-0.25, -0.2) is 5.01 Å². The molecule has 1 saturated carbocycles. The van der Waals surface area contributed by atoms with Crippen molar-refractivity contribution in [1.29, 1.82) is 0 Å². The maximum atomic E-state index is 6.05. The van der Waals surface area contributed by atoms with E-state index in [2.05, 4.69) is 34.7 Å². The smallest absolute Gasteiger partial charge is 0.168 e. The van der Waals surface area contributed by atoms with E-state index in [0.29, 0.717) is 18.6 Å². The van der Waals surface area contributed by atoms with Crippen molar-refractivity contribution in [2.75, 3.05) is 18.4 Å². The van der Waals surface area contributed by atoms with Gasteiger partial charge in [0.15, 0.2) is 11.7 Å². The third-order valence-electron chi connectivity index (χ3n) is 5.56. The maximum absolute atomic E-state index is 6.05. The Kier molecular flexibility index (Phi) is 5.13. The number of nitrogens with zero attached hydrogens (tertiary/aromatic N) is 3. The van der Waals surface area contributed by atoms with Crippen LogP contribution >= 0.6 is 0 Å². The summed E-state index contributed by atoms with van der Waals surface area (Å²) in [6.07, 6.45) is 4.33. The van der Waals surface area contributed by atoms with Crippen molar-refractivity contribution in [2.24, 2.45) is 21.6 Å². The topological polar surface area (TPSA) is 104 Å². The molecular weight excluding hydrogens is 338 g/mol. The minimum Gasteiger partial charge on any atom is -0.366 e. The molecule has 6 N–H and O–H groups in total. The lowest BCUT2D eigenvalue weighted by molar-refractivity contribution is 0.370. The molecule has 1 aromatic rings. The average molecular weight is 368 g/mol. The number of nitrogens with two attached hydrogens (primary N) is 2. The lowest BCUT2D eigenvalue weighted by Gasteiger charge is -2.32. The lowest BCUT2D eigenvalue weighted by atomic mass is 9.91. The van der Waals surface area contributed by atoms with Gasteiger partial charge in [0.25, 0.3) is 0 Å². The van der Waals surface area contributed by atoms with Gasteiger partial charge in [-0.2, -0.15) is 5.10 Å². The minimum absolute atomic E-state index is 0.346. The molecular formula is C20H29N7.